The molecule has 2 rings (SSSR count). The third-order valence-electron chi connectivity index (χ3n) is 4.68. The molecule has 25 heavy (non-hydrogen) atoms. The van der Waals surface area contributed by atoms with E-state index in [1.807, 2.05) is 39.0 Å². The van der Waals surface area contributed by atoms with Crippen molar-refractivity contribution in [1.82, 2.24) is 10.6 Å². The highest BCUT2D eigenvalue weighted by Gasteiger charge is 2.33. The lowest BCUT2D eigenvalue weighted by Gasteiger charge is -2.34. The van der Waals surface area contributed by atoms with Crippen molar-refractivity contribution in [1.29, 1.82) is 0 Å². The SMILES string of the molecule is CNC(=O)[C@H](NC(=O)C[NH+]1CCN(c2ccccc2)CC1)C(C)(C)C. The van der Waals surface area contributed by atoms with Gasteiger partial charge in [-0.1, -0.05) is 39.0 Å². The molecule has 0 unspecified atom stereocenters. The molecule has 2 amide bonds. The fourth-order valence-electron chi connectivity index (χ4n) is 3.16. The monoisotopic (exact) mass is 347 g/mol. The van der Waals surface area contributed by atoms with E-state index in [9.17, 15) is 9.59 Å². The van der Waals surface area contributed by atoms with E-state index >= 15 is 0 Å². The number of nitrogens with zero attached hydrogens (tertiary/aromatic N) is 1. The highest BCUT2D eigenvalue weighted by molar-refractivity contribution is 5.88. The van der Waals surface area contributed by atoms with E-state index in [0.717, 1.165) is 26.2 Å². The van der Waals surface area contributed by atoms with Crippen LogP contribution in [0.1, 0.15) is 20.8 Å². The maximum absolute atomic E-state index is 12.4. The molecule has 1 saturated heterocycles. The number of likely N-dealkylation sites (N-methyl/N-ethyl adjacent to an activating group) is 1. The molecule has 0 aromatic heterocycles. The lowest BCUT2D eigenvalue weighted by atomic mass is 9.86. The van der Waals surface area contributed by atoms with Gasteiger partial charge in [-0.05, 0) is 17.5 Å². The number of nitrogens with one attached hydrogen (secondary N) is 3. The van der Waals surface area contributed by atoms with Gasteiger partial charge >= 0.3 is 0 Å². The smallest absolute Gasteiger partial charge is 0.275 e. The van der Waals surface area contributed by atoms with Gasteiger partial charge in [-0.2, -0.15) is 0 Å². The van der Waals surface area contributed by atoms with Gasteiger partial charge in [-0.3, -0.25) is 9.59 Å². The molecule has 1 aromatic carbocycles. The van der Waals surface area contributed by atoms with E-state index in [2.05, 4.69) is 27.7 Å². The fourth-order valence-corrected chi connectivity index (χ4v) is 3.16. The Hall–Kier alpha value is -2.08. The Kier molecular flexibility index (Phi) is 6.42. The molecule has 0 bridgehead atoms. The number of amides is 2. The fraction of sp³-hybridized carbons (Fsp3) is 0.579. The first-order chi connectivity index (χ1) is 11.8. The van der Waals surface area contributed by atoms with Crippen LogP contribution in [0.25, 0.3) is 0 Å². The van der Waals surface area contributed by atoms with Crippen LogP contribution in [0.15, 0.2) is 30.3 Å². The van der Waals surface area contributed by atoms with Crippen molar-refractivity contribution in [3.8, 4) is 0 Å². The Labute approximate surface area is 150 Å². The molecule has 0 aliphatic carbocycles. The van der Waals surface area contributed by atoms with Crippen molar-refractivity contribution in [3.63, 3.8) is 0 Å². The van der Waals surface area contributed by atoms with Crippen molar-refractivity contribution in [2.24, 2.45) is 5.41 Å². The van der Waals surface area contributed by atoms with E-state index in [4.69, 9.17) is 0 Å². The first-order valence-corrected chi connectivity index (χ1v) is 8.96. The highest BCUT2D eigenvalue weighted by Crippen LogP contribution is 2.19. The van der Waals surface area contributed by atoms with E-state index in [1.54, 1.807) is 7.05 Å². The van der Waals surface area contributed by atoms with Crippen LogP contribution in [0.5, 0.6) is 0 Å². The molecule has 6 nitrogen and oxygen atoms in total. The van der Waals surface area contributed by atoms with E-state index in [0.29, 0.717) is 6.54 Å². The number of hydrogen-bond acceptors (Lipinski definition) is 3. The number of anilines is 1. The van der Waals surface area contributed by atoms with Gasteiger partial charge in [-0.25, -0.2) is 0 Å². The van der Waals surface area contributed by atoms with Crippen molar-refractivity contribution >= 4 is 17.5 Å². The minimum Gasteiger partial charge on any atom is -0.360 e. The van der Waals surface area contributed by atoms with Crippen LogP contribution in [0.2, 0.25) is 0 Å². The second-order valence-electron chi connectivity index (χ2n) is 7.73. The third kappa shape index (κ3) is 5.46. The number of benzene rings is 1. The predicted octanol–water partition coefficient (Wildman–Crippen LogP) is -0.332. The van der Waals surface area contributed by atoms with Gasteiger partial charge in [-0.15, -0.1) is 0 Å². The summed E-state index contributed by atoms with van der Waals surface area (Å²) in [6.45, 7) is 9.99. The zero-order chi connectivity index (χ0) is 18.4. The lowest BCUT2D eigenvalue weighted by Crippen LogP contribution is -3.16. The van der Waals surface area contributed by atoms with Gasteiger partial charge in [0.1, 0.15) is 6.04 Å². The molecular weight excluding hydrogens is 316 g/mol. The molecule has 0 spiro atoms. The topological polar surface area (TPSA) is 65.9 Å². The number of carbonyl (C=O) groups is 2. The molecule has 0 saturated carbocycles. The number of carbonyl (C=O) groups excluding carboxylic acids is 2. The van der Waals surface area contributed by atoms with E-state index < -0.39 is 6.04 Å². The normalized spacial score (nSPS) is 17.0. The van der Waals surface area contributed by atoms with Crippen LogP contribution in [0, 0.1) is 5.41 Å². The first kappa shape index (κ1) is 19.2. The van der Waals surface area contributed by atoms with Gasteiger partial charge in [0.15, 0.2) is 6.54 Å². The van der Waals surface area contributed by atoms with Crippen LogP contribution < -0.4 is 20.4 Å². The van der Waals surface area contributed by atoms with Crippen LogP contribution >= 0.6 is 0 Å². The summed E-state index contributed by atoms with van der Waals surface area (Å²) in [5, 5.41) is 5.55. The van der Waals surface area contributed by atoms with Crippen molar-refractivity contribution in [3.05, 3.63) is 30.3 Å². The molecule has 138 valence electrons. The summed E-state index contributed by atoms with van der Waals surface area (Å²) in [6.07, 6.45) is 0. The molecule has 1 aliphatic heterocycles. The quantitative estimate of drug-likeness (QED) is 0.683. The van der Waals surface area contributed by atoms with Crippen molar-refractivity contribution < 1.29 is 14.5 Å². The van der Waals surface area contributed by atoms with Crippen molar-refractivity contribution in [2.45, 2.75) is 26.8 Å². The maximum Gasteiger partial charge on any atom is 0.275 e. The van der Waals surface area contributed by atoms with Gasteiger partial charge in [0.05, 0.1) is 26.2 Å². The minimum absolute atomic E-state index is 0.0633. The Balaban J connectivity index is 1.84. The van der Waals surface area contributed by atoms with Crippen molar-refractivity contribution in [2.75, 3.05) is 44.7 Å². The van der Waals surface area contributed by atoms with Gasteiger partial charge < -0.3 is 20.4 Å². The number of hydrogen-bond donors (Lipinski definition) is 3. The van der Waals surface area contributed by atoms with E-state index in [1.165, 1.54) is 10.6 Å². The molecule has 1 aromatic rings. The molecule has 1 heterocycles. The summed E-state index contributed by atoms with van der Waals surface area (Å²) in [5.74, 6) is -0.212. The van der Waals surface area contributed by atoms with Crippen LogP contribution in [-0.2, 0) is 9.59 Å². The average molecular weight is 347 g/mol. The molecule has 1 aliphatic rings. The Bertz CT molecular complexity index is 575. The summed E-state index contributed by atoms with van der Waals surface area (Å²) >= 11 is 0. The van der Waals surface area contributed by atoms with Gasteiger partial charge in [0, 0.05) is 12.7 Å². The third-order valence-corrected chi connectivity index (χ3v) is 4.68. The average Bonchev–Trinajstić information content (AvgIpc) is 2.59. The van der Waals surface area contributed by atoms with E-state index in [-0.39, 0.29) is 17.2 Å². The second-order valence-corrected chi connectivity index (χ2v) is 7.73. The van der Waals surface area contributed by atoms with Gasteiger partial charge in [0.25, 0.3) is 5.91 Å². The molecular formula is C19H31N4O2+. The number of piperazine rings is 1. The maximum atomic E-state index is 12.4. The molecule has 0 radical (unpaired) electrons. The summed E-state index contributed by atoms with van der Waals surface area (Å²) in [4.78, 5) is 28.1. The number of para-hydroxylation sites is 1. The zero-order valence-electron chi connectivity index (χ0n) is 15.8. The lowest BCUT2D eigenvalue weighted by molar-refractivity contribution is -0.892. The molecule has 3 N–H and O–H groups in total. The minimum atomic E-state index is -0.519. The number of quaternary nitrogens is 1. The molecule has 6 heteroatoms. The van der Waals surface area contributed by atoms with Crippen LogP contribution in [0.3, 0.4) is 0 Å². The largest absolute Gasteiger partial charge is 0.360 e. The van der Waals surface area contributed by atoms with Crippen LogP contribution in [-0.4, -0.2) is 57.6 Å². The molecule has 1 fully saturated rings. The summed E-state index contributed by atoms with van der Waals surface area (Å²) < 4.78 is 0. The molecule has 1 atom stereocenters. The second kappa shape index (κ2) is 8.34. The van der Waals surface area contributed by atoms with Gasteiger partial charge in [0.2, 0.25) is 5.91 Å². The Morgan fingerprint density at radius 3 is 2.28 bits per heavy atom. The summed E-state index contributed by atoms with van der Waals surface area (Å²) in [6, 6.07) is 9.84. The predicted molar refractivity (Wildman–Crippen MR) is 99.7 cm³/mol. The standard InChI is InChI=1S/C19H30N4O2/c1-19(2,3)17(18(25)20-4)21-16(24)14-22-10-12-23(13-11-22)15-8-6-5-7-9-15/h5-9,17H,10-14H2,1-4H3,(H,20,25)(H,21,24)/p+1/t17-/m0/s1. The number of rotatable bonds is 5. The summed E-state index contributed by atoms with van der Waals surface area (Å²) in [5.41, 5.74) is 0.912. The first-order valence-electron chi connectivity index (χ1n) is 8.96. The highest BCUT2D eigenvalue weighted by atomic mass is 16.2. The Morgan fingerprint density at radius 1 is 1.16 bits per heavy atom. The summed E-state index contributed by atoms with van der Waals surface area (Å²) in [7, 11) is 1.60. The Morgan fingerprint density at radius 2 is 1.76 bits per heavy atom. The zero-order valence-corrected chi connectivity index (χ0v) is 15.8. The van der Waals surface area contributed by atoms with Crippen LogP contribution in [0.4, 0.5) is 5.69 Å².